The van der Waals surface area contributed by atoms with Crippen LogP contribution < -0.4 is 5.32 Å². The predicted octanol–water partition coefficient (Wildman–Crippen LogP) is 2.06. The van der Waals surface area contributed by atoms with E-state index in [9.17, 15) is 4.79 Å². The smallest absolute Gasteiger partial charge is 0.317 e. The number of nitrogens with one attached hydrogen (secondary N) is 1. The Balaban J connectivity index is 2.28. The third kappa shape index (κ3) is 2.72. The Labute approximate surface area is 103 Å². The molecule has 0 bridgehead atoms. The minimum absolute atomic E-state index is 0.0725. The minimum Gasteiger partial charge on any atom is -0.480 e. The van der Waals surface area contributed by atoms with Crippen LogP contribution in [0.25, 0.3) is 10.9 Å². The van der Waals surface area contributed by atoms with E-state index in [2.05, 4.69) is 10.3 Å². The fourth-order valence-corrected chi connectivity index (χ4v) is 1.86. The summed E-state index contributed by atoms with van der Waals surface area (Å²) in [7, 11) is 0. The molecule has 0 fully saturated rings. The molecule has 0 saturated heterocycles. The van der Waals surface area contributed by atoms with E-state index in [4.69, 9.17) is 16.7 Å². The van der Waals surface area contributed by atoms with Crippen LogP contribution in [-0.4, -0.2) is 22.6 Å². The lowest BCUT2D eigenvalue weighted by Crippen LogP contribution is -2.22. The van der Waals surface area contributed by atoms with Crippen LogP contribution in [0.2, 0.25) is 5.02 Å². The van der Waals surface area contributed by atoms with Crippen LogP contribution in [0.1, 0.15) is 5.56 Å². The van der Waals surface area contributed by atoms with Crippen LogP contribution >= 0.6 is 11.6 Å². The van der Waals surface area contributed by atoms with Crippen molar-refractivity contribution < 1.29 is 9.90 Å². The van der Waals surface area contributed by atoms with E-state index in [1.165, 1.54) is 0 Å². The van der Waals surface area contributed by atoms with Crippen molar-refractivity contribution in [3.8, 4) is 0 Å². The van der Waals surface area contributed by atoms with E-state index in [1.54, 1.807) is 12.3 Å². The van der Waals surface area contributed by atoms with Gasteiger partial charge in [-0.25, -0.2) is 0 Å². The van der Waals surface area contributed by atoms with Crippen LogP contribution in [0, 0.1) is 0 Å². The average Bonchev–Trinajstić information content (AvgIpc) is 2.32. The van der Waals surface area contributed by atoms with Crippen LogP contribution in [0.3, 0.4) is 0 Å². The summed E-state index contributed by atoms with van der Waals surface area (Å²) >= 11 is 6.06. The van der Waals surface area contributed by atoms with Crippen LogP contribution in [0.15, 0.2) is 30.5 Å². The highest BCUT2D eigenvalue weighted by molar-refractivity contribution is 6.35. The third-order valence-corrected chi connectivity index (χ3v) is 2.72. The Kier molecular flexibility index (Phi) is 3.56. The van der Waals surface area contributed by atoms with Gasteiger partial charge in [0, 0.05) is 23.2 Å². The molecule has 4 nitrogen and oxygen atoms in total. The Morgan fingerprint density at radius 2 is 2.24 bits per heavy atom. The van der Waals surface area contributed by atoms with E-state index in [0.29, 0.717) is 11.6 Å². The molecule has 0 spiro atoms. The number of nitrogens with zero attached hydrogens (tertiary/aromatic N) is 1. The van der Waals surface area contributed by atoms with Crippen LogP contribution in [-0.2, 0) is 11.3 Å². The first-order valence-corrected chi connectivity index (χ1v) is 5.51. The third-order valence-electron chi connectivity index (χ3n) is 2.39. The summed E-state index contributed by atoms with van der Waals surface area (Å²) in [5.41, 5.74) is 1.74. The molecule has 0 atom stereocenters. The molecule has 2 N–H and O–H groups in total. The van der Waals surface area contributed by atoms with Gasteiger partial charge in [0.1, 0.15) is 0 Å². The predicted molar refractivity (Wildman–Crippen MR) is 66.1 cm³/mol. The maximum absolute atomic E-state index is 10.4. The van der Waals surface area contributed by atoms with Gasteiger partial charge in [0.2, 0.25) is 0 Å². The number of hydrogen-bond acceptors (Lipinski definition) is 3. The van der Waals surface area contributed by atoms with Crippen molar-refractivity contribution in [3.63, 3.8) is 0 Å². The maximum Gasteiger partial charge on any atom is 0.317 e. The number of aliphatic carboxylic acids is 1. The second-order valence-electron chi connectivity index (χ2n) is 3.60. The van der Waals surface area contributed by atoms with E-state index in [0.717, 1.165) is 16.5 Å². The van der Waals surface area contributed by atoms with Crippen molar-refractivity contribution in [2.24, 2.45) is 0 Å². The highest BCUT2D eigenvalue weighted by Gasteiger charge is 2.05. The first-order valence-electron chi connectivity index (χ1n) is 5.13. The molecule has 0 aliphatic heterocycles. The van der Waals surface area contributed by atoms with Gasteiger partial charge in [-0.1, -0.05) is 17.7 Å². The summed E-state index contributed by atoms with van der Waals surface area (Å²) in [6, 6.07) is 7.36. The number of carbonyl (C=O) groups is 1. The lowest BCUT2D eigenvalue weighted by Gasteiger charge is -2.07. The monoisotopic (exact) mass is 250 g/mol. The first kappa shape index (κ1) is 11.8. The number of fused-ring (bicyclic) bond motifs is 1. The molecular weight excluding hydrogens is 240 g/mol. The largest absolute Gasteiger partial charge is 0.480 e. The second-order valence-corrected chi connectivity index (χ2v) is 4.01. The molecule has 0 unspecified atom stereocenters. The zero-order valence-corrected chi connectivity index (χ0v) is 9.74. The van der Waals surface area contributed by atoms with E-state index >= 15 is 0 Å². The lowest BCUT2D eigenvalue weighted by molar-refractivity contribution is -0.135. The van der Waals surface area contributed by atoms with Crippen molar-refractivity contribution in [1.29, 1.82) is 0 Å². The molecule has 0 aliphatic rings. The number of carboxylic acids is 1. The fraction of sp³-hybridized carbons (Fsp3) is 0.167. The second kappa shape index (κ2) is 5.12. The quantitative estimate of drug-likeness (QED) is 0.872. The summed E-state index contributed by atoms with van der Waals surface area (Å²) in [4.78, 5) is 14.7. The first-order chi connectivity index (χ1) is 8.18. The van der Waals surface area contributed by atoms with Crippen molar-refractivity contribution in [1.82, 2.24) is 10.3 Å². The van der Waals surface area contributed by atoms with Crippen molar-refractivity contribution >= 4 is 28.5 Å². The van der Waals surface area contributed by atoms with Crippen molar-refractivity contribution in [2.75, 3.05) is 6.54 Å². The Morgan fingerprint density at radius 1 is 1.41 bits per heavy atom. The summed E-state index contributed by atoms with van der Waals surface area (Å²) in [5.74, 6) is -0.878. The van der Waals surface area contributed by atoms with Crippen molar-refractivity contribution in [3.05, 3.63) is 41.0 Å². The molecule has 1 aromatic heterocycles. The normalized spacial score (nSPS) is 10.6. The molecule has 2 aromatic rings. The SMILES string of the molecule is O=C(O)CNCc1ccc(Cl)c2cccnc12. The molecule has 1 aromatic carbocycles. The number of rotatable bonds is 4. The van der Waals surface area contributed by atoms with E-state index < -0.39 is 5.97 Å². The number of halogens is 1. The zero-order valence-electron chi connectivity index (χ0n) is 8.98. The molecule has 88 valence electrons. The number of benzene rings is 1. The molecule has 1 heterocycles. The van der Waals surface area contributed by atoms with Gasteiger partial charge in [-0.15, -0.1) is 0 Å². The standard InChI is InChI=1S/C12H11ClN2O2/c13-10-4-3-8(6-14-7-11(16)17)12-9(10)2-1-5-15-12/h1-5,14H,6-7H2,(H,16,17). The Hall–Kier alpha value is -1.65. The van der Waals surface area contributed by atoms with Gasteiger partial charge in [-0.3, -0.25) is 9.78 Å². The van der Waals surface area contributed by atoms with Crippen LogP contribution in [0.5, 0.6) is 0 Å². The number of carboxylic acid groups (broad SMARTS) is 1. The lowest BCUT2D eigenvalue weighted by atomic mass is 10.1. The van der Waals surface area contributed by atoms with Gasteiger partial charge in [0.15, 0.2) is 0 Å². The van der Waals surface area contributed by atoms with Gasteiger partial charge < -0.3 is 10.4 Å². The topological polar surface area (TPSA) is 62.2 Å². The number of aromatic nitrogens is 1. The molecule has 0 amide bonds. The molecule has 0 radical (unpaired) electrons. The number of pyridine rings is 1. The fourth-order valence-electron chi connectivity index (χ4n) is 1.64. The average molecular weight is 251 g/mol. The molecular formula is C12H11ClN2O2. The highest BCUT2D eigenvalue weighted by atomic mass is 35.5. The minimum atomic E-state index is -0.878. The Morgan fingerprint density at radius 3 is 3.00 bits per heavy atom. The molecule has 2 rings (SSSR count). The molecule has 5 heteroatoms. The molecule has 0 saturated carbocycles. The van der Waals surface area contributed by atoms with Crippen LogP contribution in [0.4, 0.5) is 0 Å². The van der Waals surface area contributed by atoms with Crippen molar-refractivity contribution in [2.45, 2.75) is 6.54 Å². The molecule has 17 heavy (non-hydrogen) atoms. The zero-order chi connectivity index (χ0) is 12.3. The molecule has 0 aliphatic carbocycles. The van der Waals surface area contributed by atoms with E-state index in [1.807, 2.05) is 18.2 Å². The summed E-state index contributed by atoms with van der Waals surface area (Å²) in [6.07, 6.45) is 1.69. The highest BCUT2D eigenvalue weighted by Crippen LogP contribution is 2.24. The van der Waals surface area contributed by atoms with Gasteiger partial charge in [-0.2, -0.15) is 0 Å². The summed E-state index contributed by atoms with van der Waals surface area (Å²) in [6.45, 7) is 0.383. The number of hydrogen-bond donors (Lipinski definition) is 2. The van der Waals surface area contributed by atoms with E-state index in [-0.39, 0.29) is 6.54 Å². The van der Waals surface area contributed by atoms with Gasteiger partial charge in [-0.05, 0) is 23.8 Å². The van der Waals surface area contributed by atoms with Gasteiger partial charge in [0.25, 0.3) is 0 Å². The van der Waals surface area contributed by atoms with Gasteiger partial charge >= 0.3 is 5.97 Å². The summed E-state index contributed by atoms with van der Waals surface area (Å²) < 4.78 is 0. The summed E-state index contributed by atoms with van der Waals surface area (Å²) in [5, 5.41) is 12.9. The van der Waals surface area contributed by atoms with Gasteiger partial charge in [0.05, 0.1) is 12.1 Å². The Bertz CT molecular complexity index is 557. The maximum atomic E-state index is 10.4.